The van der Waals surface area contributed by atoms with Crippen molar-refractivity contribution in [2.45, 2.75) is 19.8 Å². The van der Waals surface area contributed by atoms with Gasteiger partial charge in [-0.3, -0.25) is 4.99 Å². The van der Waals surface area contributed by atoms with Crippen LogP contribution in [0.25, 0.3) is 0 Å². The fraction of sp³-hybridized carbons (Fsp3) is 0.533. The number of sulfonamides is 1. The third-order valence-corrected chi connectivity index (χ3v) is 4.06. The first-order valence-corrected chi connectivity index (χ1v) is 9.89. The van der Waals surface area contributed by atoms with E-state index in [-0.39, 0.29) is 24.0 Å². The SMILES string of the molecule is CCNC(=NCCCNS(C)(=O)=O)NCCc1ccccc1Cl.I. The molecule has 0 radical (unpaired) electrons. The van der Waals surface area contributed by atoms with E-state index in [9.17, 15) is 8.42 Å². The summed E-state index contributed by atoms with van der Waals surface area (Å²) < 4.78 is 24.3. The molecular formula is C15H26ClIN4O2S. The molecule has 0 aliphatic carbocycles. The predicted molar refractivity (Wildman–Crippen MR) is 112 cm³/mol. The lowest BCUT2D eigenvalue weighted by molar-refractivity contribution is 0.585. The van der Waals surface area contributed by atoms with Gasteiger partial charge in [0.05, 0.1) is 6.26 Å². The maximum atomic E-state index is 11.0. The van der Waals surface area contributed by atoms with E-state index in [1.165, 1.54) is 0 Å². The highest BCUT2D eigenvalue weighted by Gasteiger charge is 2.01. The summed E-state index contributed by atoms with van der Waals surface area (Å²) in [5.41, 5.74) is 1.09. The summed E-state index contributed by atoms with van der Waals surface area (Å²) in [6.07, 6.45) is 2.60. The molecule has 0 saturated heterocycles. The molecular weight excluding hydrogens is 463 g/mol. The summed E-state index contributed by atoms with van der Waals surface area (Å²) >= 11 is 6.13. The number of nitrogens with zero attached hydrogens (tertiary/aromatic N) is 1. The summed E-state index contributed by atoms with van der Waals surface area (Å²) in [5, 5.41) is 7.17. The fourth-order valence-corrected chi connectivity index (χ4v) is 2.63. The van der Waals surface area contributed by atoms with Gasteiger partial charge in [0.1, 0.15) is 0 Å². The van der Waals surface area contributed by atoms with Crippen molar-refractivity contribution in [2.75, 3.05) is 32.4 Å². The van der Waals surface area contributed by atoms with Crippen molar-refractivity contribution in [3.8, 4) is 0 Å². The number of halogens is 2. The smallest absolute Gasteiger partial charge is 0.208 e. The van der Waals surface area contributed by atoms with Crippen molar-refractivity contribution >= 4 is 51.6 Å². The van der Waals surface area contributed by atoms with Crippen LogP contribution in [0, 0.1) is 0 Å². The Bertz CT molecular complexity index is 611. The van der Waals surface area contributed by atoms with Gasteiger partial charge < -0.3 is 10.6 Å². The zero-order valence-electron chi connectivity index (χ0n) is 14.0. The van der Waals surface area contributed by atoms with Crippen molar-refractivity contribution in [1.29, 1.82) is 0 Å². The van der Waals surface area contributed by atoms with Crippen LogP contribution in [0.1, 0.15) is 18.9 Å². The largest absolute Gasteiger partial charge is 0.357 e. The van der Waals surface area contributed by atoms with Gasteiger partial charge >= 0.3 is 0 Å². The highest BCUT2D eigenvalue weighted by molar-refractivity contribution is 14.0. The molecule has 3 N–H and O–H groups in total. The van der Waals surface area contributed by atoms with Gasteiger partial charge in [-0.1, -0.05) is 29.8 Å². The van der Waals surface area contributed by atoms with E-state index in [1.807, 2.05) is 31.2 Å². The summed E-state index contributed by atoms with van der Waals surface area (Å²) in [6.45, 7) is 4.42. The molecule has 1 aromatic rings. The van der Waals surface area contributed by atoms with Crippen LogP contribution < -0.4 is 15.4 Å². The second-order valence-corrected chi connectivity index (χ2v) is 7.29. The van der Waals surface area contributed by atoms with Crippen LogP contribution in [0.4, 0.5) is 0 Å². The first kappa shape index (κ1) is 23.4. The van der Waals surface area contributed by atoms with Gasteiger partial charge in [-0.15, -0.1) is 24.0 Å². The number of hydrogen-bond acceptors (Lipinski definition) is 3. The number of hydrogen-bond donors (Lipinski definition) is 3. The van der Waals surface area contributed by atoms with Crippen molar-refractivity contribution < 1.29 is 8.42 Å². The molecule has 138 valence electrons. The van der Waals surface area contributed by atoms with Crippen molar-refractivity contribution in [1.82, 2.24) is 15.4 Å². The number of guanidine groups is 1. The lowest BCUT2D eigenvalue weighted by Gasteiger charge is -2.11. The maximum absolute atomic E-state index is 11.0. The van der Waals surface area contributed by atoms with Gasteiger partial charge in [-0.2, -0.15) is 0 Å². The first-order chi connectivity index (χ1) is 10.9. The van der Waals surface area contributed by atoms with Crippen LogP contribution in [0.2, 0.25) is 5.02 Å². The highest BCUT2D eigenvalue weighted by Crippen LogP contribution is 2.14. The Morgan fingerprint density at radius 2 is 1.92 bits per heavy atom. The van der Waals surface area contributed by atoms with E-state index in [1.54, 1.807) is 0 Å². The molecule has 24 heavy (non-hydrogen) atoms. The second kappa shape index (κ2) is 12.7. The van der Waals surface area contributed by atoms with Crippen LogP contribution >= 0.6 is 35.6 Å². The molecule has 0 fully saturated rings. The lowest BCUT2D eigenvalue weighted by Crippen LogP contribution is -2.38. The standard InChI is InChI=1S/C15H25ClN4O2S.HI/c1-3-17-15(18-10-6-11-20-23(2,21)22)19-12-9-13-7-4-5-8-14(13)16;/h4-5,7-8,20H,3,6,9-12H2,1-2H3,(H2,17,18,19);1H. The van der Waals surface area contributed by atoms with E-state index < -0.39 is 10.0 Å². The van der Waals surface area contributed by atoms with Crippen LogP contribution in [0.15, 0.2) is 29.3 Å². The van der Waals surface area contributed by atoms with E-state index in [0.29, 0.717) is 19.5 Å². The number of rotatable bonds is 9. The molecule has 0 bridgehead atoms. The fourth-order valence-electron chi connectivity index (χ4n) is 1.89. The average molecular weight is 489 g/mol. The monoisotopic (exact) mass is 488 g/mol. The Balaban J connectivity index is 0.00000529. The molecule has 0 spiro atoms. The molecule has 9 heteroatoms. The van der Waals surface area contributed by atoms with Crippen molar-refractivity contribution in [3.63, 3.8) is 0 Å². The van der Waals surface area contributed by atoms with Crippen LogP contribution in [-0.4, -0.2) is 46.8 Å². The summed E-state index contributed by atoms with van der Waals surface area (Å²) in [6, 6.07) is 7.76. The van der Waals surface area contributed by atoms with Crippen LogP contribution in [0.3, 0.4) is 0 Å². The Kier molecular flexibility index (Phi) is 12.4. The molecule has 6 nitrogen and oxygen atoms in total. The molecule has 0 aliphatic heterocycles. The first-order valence-electron chi connectivity index (χ1n) is 7.62. The lowest BCUT2D eigenvalue weighted by atomic mass is 10.1. The van der Waals surface area contributed by atoms with E-state index in [4.69, 9.17) is 11.6 Å². The Hall–Kier alpha value is -0.580. The normalized spacial score (nSPS) is 11.7. The zero-order chi connectivity index (χ0) is 17.1. The number of aliphatic imine (C=N–C) groups is 1. The van der Waals surface area contributed by atoms with Gasteiger partial charge in [-0.25, -0.2) is 13.1 Å². The molecule has 0 saturated carbocycles. The Morgan fingerprint density at radius 3 is 2.54 bits per heavy atom. The third-order valence-electron chi connectivity index (χ3n) is 2.96. The van der Waals surface area contributed by atoms with Gasteiger partial charge in [0.25, 0.3) is 0 Å². The third kappa shape index (κ3) is 11.1. The molecule has 1 aromatic carbocycles. The van der Waals surface area contributed by atoms with E-state index in [0.717, 1.165) is 42.3 Å². The van der Waals surface area contributed by atoms with Crippen LogP contribution in [0.5, 0.6) is 0 Å². The van der Waals surface area contributed by atoms with Gasteiger partial charge in [-0.05, 0) is 31.4 Å². The molecule has 0 atom stereocenters. The van der Waals surface area contributed by atoms with Gasteiger partial charge in [0, 0.05) is 31.2 Å². The molecule has 0 unspecified atom stereocenters. The molecule has 1 rings (SSSR count). The topological polar surface area (TPSA) is 82.6 Å². The zero-order valence-corrected chi connectivity index (χ0v) is 17.9. The highest BCUT2D eigenvalue weighted by atomic mass is 127. The summed E-state index contributed by atoms with van der Waals surface area (Å²) in [5.74, 6) is 0.721. The number of nitrogens with one attached hydrogen (secondary N) is 3. The minimum absolute atomic E-state index is 0. The molecule has 0 aliphatic rings. The Labute approximate surface area is 166 Å². The quantitative estimate of drug-likeness (QED) is 0.215. The molecule has 0 heterocycles. The van der Waals surface area contributed by atoms with Gasteiger partial charge in [0.2, 0.25) is 10.0 Å². The minimum atomic E-state index is -3.13. The minimum Gasteiger partial charge on any atom is -0.357 e. The van der Waals surface area contributed by atoms with Crippen molar-refractivity contribution in [2.24, 2.45) is 4.99 Å². The van der Waals surface area contributed by atoms with Gasteiger partial charge in [0.15, 0.2) is 5.96 Å². The van der Waals surface area contributed by atoms with Crippen LogP contribution in [-0.2, 0) is 16.4 Å². The second-order valence-electron chi connectivity index (χ2n) is 5.05. The summed E-state index contributed by atoms with van der Waals surface area (Å²) in [7, 11) is -3.13. The summed E-state index contributed by atoms with van der Waals surface area (Å²) in [4.78, 5) is 4.41. The predicted octanol–water partition coefficient (Wildman–Crippen LogP) is 1.99. The molecule has 0 amide bonds. The number of benzene rings is 1. The average Bonchev–Trinajstić information content (AvgIpc) is 2.47. The van der Waals surface area contributed by atoms with E-state index >= 15 is 0 Å². The Morgan fingerprint density at radius 1 is 1.21 bits per heavy atom. The van der Waals surface area contributed by atoms with E-state index in [2.05, 4.69) is 20.3 Å². The maximum Gasteiger partial charge on any atom is 0.208 e. The van der Waals surface area contributed by atoms with Crippen molar-refractivity contribution in [3.05, 3.63) is 34.9 Å². The molecule has 0 aromatic heterocycles.